The van der Waals surface area contributed by atoms with E-state index in [0.29, 0.717) is 0 Å². The molecule has 0 aromatic carbocycles. The highest BCUT2D eigenvalue weighted by Crippen LogP contribution is 2.23. The van der Waals surface area contributed by atoms with Crippen LogP contribution >= 0.6 is 21.6 Å². The second-order valence-electron chi connectivity index (χ2n) is 7.77. The van der Waals surface area contributed by atoms with Gasteiger partial charge in [-0.1, -0.05) is 21.6 Å². The molecule has 0 aromatic heterocycles. The van der Waals surface area contributed by atoms with Gasteiger partial charge in [0.1, 0.15) is 23.3 Å². The Kier molecular flexibility index (Phi) is 10.5. The number of hydrogen-bond donors (Lipinski definition) is 4. The minimum Gasteiger partial charge on any atom is -0.444 e. The summed E-state index contributed by atoms with van der Waals surface area (Å²) in [5.41, 5.74) is 9.14. The van der Waals surface area contributed by atoms with Crippen molar-refractivity contribution in [2.75, 3.05) is 11.5 Å². The molecule has 0 fully saturated rings. The molecule has 0 saturated heterocycles. The van der Waals surface area contributed by atoms with E-state index in [1.807, 2.05) is 0 Å². The highest BCUT2D eigenvalue weighted by atomic mass is 33.1. The molecular weight excluding hydrogens is 408 g/mol. The second-order valence-corrected chi connectivity index (χ2v) is 10.3. The second kappa shape index (κ2) is 11.2. The first-order valence-corrected chi connectivity index (χ1v) is 10.9. The fraction of sp³-hybridized carbons (Fsp3) is 0.750. The smallest absolute Gasteiger partial charge is 0.408 e. The topological polar surface area (TPSA) is 163 Å². The maximum atomic E-state index is 11.8. The lowest BCUT2D eigenvalue weighted by Crippen LogP contribution is -2.48. The molecule has 0 unspecified atom stereocenters. The van der Waals surface area contributed by atoms with Crippen molar-refractivity contribution in [1.82, 2.24) is 10.6 Å². The molecule has 6 N–H and O–H groups in total. The van der Waals surface area contributed by atoms with Crippen molar-refractivity contribution in [3.8, 4) is 0 Å². The number of ether oxygens (including phenoxy) is 2. The van der Waals surface area contributed by atoms with Crippen LogP contribution in [0.15, 0.2) is 0 Å². The lowest BCUT2D eigenvalue weighted by molar-refractivity contribution is -0.120. The molecule has 0 aliphatic rings. The van der Waals surface area contributed by atoms with Crippen molar-refractivity contribution < 1.29 is 28.7 Å². The summed E-state index contributed by atoms with van der Waals surface area (Å²) in [6, 6.07) is -1.92. The molecule has 0 bridgehead atoms. The summed E-state index contributed by atoms with van der Waals surface area (Å²) >= 11 is 0. The van der Waals surface area contributed by atoms with Crippen molar-refractivity contribution in [3.63, 3.8) is 0 Å². The van der Waals surface area contributed by atoms with Crippen molar-refractivity contribution in [1.29, 1.82) is 0 Å². The standard InChI is InChI=1S/C16H30N4O6S2/c1-15(2,3)25-13(23)19-9(11(17)21)7-27-28-8-10(12(18)22)20-14(24)26-16(4,5)6/h9-10H,7-8H2,1-6H3,(H2,17,21)(H2,18,22)(H,19,23)(H,20,24)/t9-,10-/m0/s1. The van der Waals surface area contributed by atoms with Gasteiger partial charge in [-0.2, -0.15) is 0 Å². The van der Waals surface area contributed by atoms with Crippen LogP contribution in [0.3, 0.4) is 0 Å². The number of rotatable bonds is 9. The number of hydrogen-bond acceptors (Lipinski definition) is 8. The number of alkyl carbamates (subject to hydrolysis) is 2. The average Bonchev–Trinajstić information content (AvgIpc) is 2.44. The molecule has 28 heavy (non-hydrogen) atoms. The van der Waals surface area contributed by atoms with Gasteiger partial charge >= 0.3 is 12.2 Å². The Labute approximate surface area is 173 Å². The molecule has 0 aromatic rings. The maximum Gasteiger partial charge on any atom is 0.408 e. The van der Waals surface area contributed by atoms with E-state index >= 15 is 0 Å². The normalized spacial score (nSPS) is 13.8. The van der Waals surface area contributed by atoms with Gasteiger partial charge in [-0.15, -0.1) is 0 Å². The highest BCUT2D eigenvalue weighted by Gasteiger charge is 2.25. The van der Waals surface area contributed by atoms with Crippen LogP contribution in [0.5, 0.6) is 0 Å². The zero-order valence-corrected chi connectivity index (χ0v) is 18.6. The molecule has 0 aliphatic carbocycles. The minimum absolute atomic E-state index is 0.136. The molecule has 0 rings (SSSR count). The van der Waals surface area contributed by atoms with Gasteiger partial charge in [-0.25, -0.2) is 9.59 Å². The van der Waals surface area contributed by atoms with Crippen LogP contribution in [-0.2, 0) is 19.1 Å². The lowest BCUT2D eigenvalue weighted by atomic mass is 10.2. The first kappa shape index (κ1) is 26.2. The third-order valence-corrected chi connectivity index (χ3v) is 5.04. The van der Waals surface area contributed by atoms with E-state index in [2.05, 4.69) is 10.6 Å². The third-order valence-electron chi connectivity index (χ3n) is 2.62. The Morgan fingerprint density at radius 2 is 1.04 bits per heavy atom. The van der Waals surface area contributed by atoms with Gasteiger partial charge in [0.05, 0.1) is 0 Å². The average molecular weight is 439 g/mol. The Morgan fingerprint density at radius 3 is 1.25 bits per heavy atom. The maximum absolute atomic E-state index is 11.8. The molecule has 12 heteroatoms. The van der Waals surface area contributed by atoms with Gasteiger partial charge in [0.25, 0.3) is 0 Å². The Morgan fingerprint density at radius 1 is 0.750 bits per heavy atom. The Balaban J connectivity index is 4.51. The molecule has 0 radical (unpaired) electrons. The Bertz CT molecular complexity index is 524. The van der Waals surface area contributed by atoms with Gasteiger partial charge in [-0.3, -0.25) is 9.59 Å². The van der Waals surface area contributed by atoms with E-state index in [9.17, 15) is 19.2 Å². The highest BCUT2D eigenvalue weighted by molar-refractivity contribution is 8.76. The van der Waals surface area contributed by atoms with Gasteiger partial charge < -0.3 is 31.6 Å². The number of carbonyl (C=O) groups is 4. The quantitative estimate of drug-likeness (QED) is 0.307. The first-order valence-electron chi connectivity index (χ1n) is 8.43. The first-order chi connectivity index (χ1) is 12.6. The van der Waals surface area contributed by atoms with Gasteiger partial charge in [-0.05, 0) is 41.5 Å². The predicted molar refractivity (Wildman–Crippen MR) is 110 cm³/mol. The third kappa shape index (κ3) is 13.4. The van der Waals surface area contributed by atoms with E-state index < -0.39 is 47.3 Å². The molecule has 0 aliphatic heterocycles. The molecule has 0 heterocycles. The van der Waals surface area contributed by atoms with Gasteiger partial charge in [0, 0.05) is 11.5 Å². The summed E-state index contributed by atoms with van der Waals surface area (Å²) in [5.74, 6) is -1.18. The van der Waals surface area contributed by atoms with Crippen LogP contribution in [0.1, 0.15) is 41.5 Å². The molecule has 162 valence electrons. The molecule has 4 amide bonds. The molecular formula is C16H30N4O6S2. The number of nitrogens with two attached hydrogens (primary N) is 2. The SMILES string of the molecule is CC(C)(C)OC(=O)N[C@@H](CSSC[C@H](NC(=O)OC(C)(C)C)C(N)=O)C(N)=O. The van der Waals surface area contributed by atoms with E-state index in [-0.39, 0.29) is 11.5 Å². The van der Waals surface area contributed by atoms with Crippen LogP contribution in [0, 0.1) is 0 Å². The lowest BCUT2D eigenvalue weighted by Gasteiger charge is -2.23. The van der Waals surface area contributed by atoms with Crippen LogP contribution < -0.4 is 22.1 Å². The zero-order valence-electron chi connectivity index (χ0n) is 17.0. The number of nitrogens with one attached hydrogen (secondary N) is 2. The fourth-order valence-electron chi connectivity index (χ4n) is 1.52. The molecule has 0 spiro atoms. The van der Waals surface area contributed by atoms with Crippen molar-refractivity contribution in [2.45, 2.75) is 64.8 Å². The van der Waals surface area contributed by atoms with Crippen molar-refractivity contribution in [3.05, 3.63) is 0 Å². The predicted octanol–water partition coefficient (Wildman–Crippen LogP) is 1.13. The summed E-state index contributed by atoms with van der Waals surface area (Å²) in [6.07, 6.45) is -1.52. The van der Waals surface area contributed by atoms with Gasteiger partial charge in [0.2, 0.25) is 11.8 Å². The fourth-order valence-corrected chi connectivity index (χ4v) is 3.88. The van der Waals surface area contributed by atoms with Crippen LogP contribution in [0.4, 0.5) is 9.59 Å². The summed E-state index contributed by atoms with van der Waals surface area (Å²) in [6.45, 7) is 10.2. The van der Waals surface area contributed by atoms with Crippen LogP contribution in [0.2, 0.25) is 0 Å². The van der Waals surface area contributed by atoms with Crippen LogP contribution in [0.25, 0.3) is 0 Å². The van der Waals surface area contributed by atoms with Crippen molar-refractivity contribution in [2.24, 2.45) is 11.5 Å². The Hall–Kier alpha value is -1.82. The molecule has 0 saturated carbocycles. The van der Waals surface area contributed by atoms with E-state index in [1.165, 1.54) is 21.6 Å². The molecule has 10 nitrogen and oxygen atoms in total. The summed E-state index contributed by atoms with van der Waals surface area (Å²) in [7, 11) is 2.36. The largest absolute Gasteiger partial charge is 0.444 e. The minimum atomic E-state index is -0.960. The van der Waals surface area contributed by atoms with E-state index in [0.717, 1.165) is 0 Å². The summed E-state index contributed by atoms with van der Waals surface area (Å²) in [5, 5.41) is 4.78. The number of amides is 4. The van der Waals surface area contributed by atoms with E-state index in [4.69, 9.17) is 20.9 Å². The summed E-state index contributed by atoms with van der Waals surface area (Å²) < 4.78 is 10.2. The monoisotopic (exact) mass is 438 g/mol. The number of carbonyl (C=O) groups excluding carboxylic acids is 4. The number of primary amides is 2. The molecule has 2 atom stereocenters. The zero-order chi connectivity index (χ0) is 22.1. The van der Waals surface area contributed by atoms with E-state index in [1.54, 1.807) is 41.5 Å². The van der Waals surface area contributed by atoms with Crippen LogP contribution in [-0.4, -0.2) is 58.8 Å². The summed E-state index contributed by atoms with van der Waals surface area (Å²) in [4.78, 5) is 46.5. The van der Waals surface area contributed by atoms with Gasteiger partial charge in [0.15, 0.2) is 0 Å². The van der Waals surface area contributed by atoms with Crippen molar-refractivity contribution >= 4 is 45.6 Å².